The van der Waals surface area contributed by atoms with Crippen molar-refractivity contribution < 1.29 is 34.2 Å². The Kier molecular flexibility index (Phi) is 8.28. The topological polar surface area (TPSA) is 196 Å². The SMILES string of the molecule is NC(=O)CC(NC(=O)C1CCCN1C(=O)C1CCCN1C(=O)C(N)Cc1ccc(O)cc1)C(=O)O. The molecular weight excluding hydrogens is 458 g/mol. The number of amides is 4. The molecule has 2 fully saturated rings. The average Bonchev–Trinajstić information content (AvgIpc) is 3.49. The molecule has 0 bridgehead atoms. The third kappa shape index (κ3) is 6.27. The van der Waals surface area contributed by atoms with Crippen molar-refractivity contribution in [3.63, 3.8) is 0 Å². The molecule has 0 saturated carbocycles. The van der Waals surface area contributed by atoms with Gasteiger partial charge in [0.05, 0.1) is 12.5 Å². The lowest BCUT2D eigenvalue weighted by molar-refractivity contribution is -0.148. The Bertz CT molecular complexity index is 983. The van der Waals surface area contributed by atoms with Gasteiger partial charge in [-0.05, 0) is 49.8 Å². The van der Waals surface area contributed by atoms with Crippen LogP contribution in [0.4, 0.5) is 0 Å². The van der Waals surface area contributed by atoms with Gasteiger partial charge >= 0.3 is 5.97 Å². The van der Waals surface area contributed by atoms with Crippen LogP contribution < -0.4 is 16.8 Å². The summed E-state index contributed by atoms with van der Waals surface area (Å²) in [6.45, 7) is 0.658. The Morgan fingerprint density at radius 1 is 1.00 bits per heavy atom. The van der Waals surface area contributed by atoms with Gasteiger partial charge in [0.15, 0.2) is 0 Å². The highest BCUT2D eigenvalue weighted by Gasteiger charge is 2.43. The van der Waals surface area contributed by atoms with Crippen molar-refractivity contribution in [2.75, 3.05) is 13.1 Å². The van der Waals surface area contributed by atoms with Gasteiger partial charge in [-0.2, -0.15) is 0 Å². The molecule has 35 heavy (non-hydrogen) atoms. The van der Waals surface area contributed by atoms with E-state index in [1.54, 1.807) is 12.1 Å². The molecule has 12 nitrogen and oxygen atoms in total. The molecule has 4 amide bonds. The molecule has 7 N–H and O–H groups in total. The Morgan fingerprint density at radius 3 is 2.20 bits per heavy atom. The molecule has 2 heterocycles. The second-order valence-corrected chi connectivity index (χ2v) is 8.93. The lowest BCUT2D eigenvalue weighted by atomic mass is 10.0. The molecule has 12 heteroatoms. The van der Waals surface area contributed by atoms with Crippen molar-refractivity contribution in [1.82, 2.24) is 15.1 Å². The summed E-state index contributed by atoms with van der Waals surface area (Å²) in [6.07, 6.45) is 1.59. The standard InChI is InChI=1S/C23H31N5O7/c24-15(11-13-5-7-14(29)8-6-13)21(32)28-10-2-4-18(28)22(33)27-9-1-3-17(27)20(31)26-16(23(34)35)12-19(25)30/h5-8,15-18,29H,1-4,9-12,24H2,(H2,25,30)(H,26,31)(H,34,35). The minimum atomic E-state index is -1.49. The monoisotopic (exact) mass is 489 g/mol. The van der Waals surface area contributed by atoms with Gasteiger partial charge in [-0.1, -0.05) is 12.1 Å². The Hall–Kier alpha value is -3.67. The number of nitrogens with one attached hydrogen (secondary N) is 1. The smallest absolute Gasteiger partial charge is 0.326 e. The van der Waals surface area contributed by atoms with Crippen LogP contribution in [0.15, 0.2) is 24.3 Å². The van der Waals surface area contributed by atoms with Crippen LogP contribution in [0, 0.1) is 0 Å². The van der Waals surface area contributed by atoms with Gasteiger partial charge in [0.2, 0.25) is 23.6 Å². The molecule has 3 rings (SSSR count). The number of nitrogens with zero attached hydrogens (tertiary/aromatic N) is 2. The van der Waals surface area contributed by atoms with Gasteiger partial charge in [0.1, 0.15) is 23.9 Å². The summed E-state index contributed by atoms with van der Waals surface area (Å²) in [7, 11) is 0. The second-order valence-electron chi connectivity index (χ2n) is 8.93. The fraction of sp³-hybridized carbons (Fsp3) is 0.522. The number of phenols is 1. The zero-order valence-electron chi connectivity index (χ0n) is 19.3. The maximum absolute atomic E-state index is 13.4. The number of carbonyl (C=O) groups excluding carboxylic acids is 4. The van der Waals surface area contributed by atoms with E-state index < -0.39 is 48.4 Å². The number of carboxylic acids is 1. The highest BCUT2D eigenvalue weighted by Crippen LogP contribution is 2.26. The van der Waals surface area contributed by atoms with Gasteiger partial charge in [0.25, 0.3) is 0 Å². The maximum atomic E-state index is 13.4. The molecule has 2 saturated heterocycles. The van der Waals surface area contributed by atoms with Crippen molar-refractivity contribution >= 4 is 29.6 Å². The molecule has 190 valence electrons. The van der Waals surface area contributed by atoms with Gasteiger partial charge in [0, 0.05) is 13.1 Å². The molecule has 0 spiro atoms. The summed E-state index contributed by atoms with van der Waals surface area (Å²) in [5.74, 6) is -3.60. The molecule has 0 aromatic heterocycles. The number of primary amides is 1. The van der Waals surface area contributed by atoms with E-state index in [2.05, 4.69) is 5.32 Å². The molecule has 1 aromatic carbocycles. The second kappa shape index (κ2) is 11.2. The van der Waals surface area contributed by atoms with Crippen LogP contribution in [-0.2, 0) is 30.4 Å². The van der Waals surface area contributed by atoms with Crippen molar-refractivity contribution in [3.8, 4) is 5.75 Å². The van der Waals surface area contributed by atoms with Crippen molar-refractivity contribution in [3.05, 3.63) is 29.8 Å². The number of aromatic hydroxyl groups is 1. The molecule has 4 unspecified atom stereocenters. The highest BCUT2D eigenvalue weighted by atomic mass is 16.4. The van der Waals surface area contributed by atoms with Crippen molar-refractivity contribution in [2.45, 2.75) is 62.7 Å². The summed E-state index contributed by atoms with van der Waals surface area (Å²) in [4.78, 5) is 64.6. The largest absolute Gasteiger partial charge is 0.508 e. The summed E-state index contributed by atoms with van der Waals surface area (Å²) in [6, 6.07) is 2.33. The molecule has 4 atom stereocenters. The molecule has 2 aliphatic rings. The molecular formula is C23H31N5O7. The lowest BCUT2D eigenvalue weighted by Crippen LogP contribution is -2.56. The fourth-order valence-corrected chi connectivity index (χ4v) is 4.64. The minimum absolute atomic E-state index is 0.104. The predicted molar refractivity (Wildman–Crippen MR) is 123 cm³/mol. The van der Waals surface area contributed by atoms with E-state index in [9.17, 15) is 34.2 Å². The van der Waals surface area contributed by atoms with Gasteiger partial charge in [-0.15, -0.1) is 0 Å². The van der Waals surface area contributed by atoms with Crippen LogP contribution in [0.1, 0.15) is 37.7 Å². The summed E-state index contributed by atoms with van der Waals surface area (Å²) in [5, 5.41) is 21.0. The van der Waals surface area contributed by atoms with Crippen LogP contribution in [0.2, 0.25) is 0 Å². The summed E-state index contributed by atoms with van der Waals surface area (Å²) in [5.41, 5.74) is 12.0. The van der Waals surface area contributed by atoms with E-state index in [0.29, 0.717) is 38.8 Å². The average molecular weight is 490 g/mol. The molecule has 1 aromatic rings. The van der Waals surface area contributed by atoms with Crippen molar-refractivity contribution in [1.29, 1.82) is 0 Å². The minimum Gasteiger partial charge on any atom is -0.508 e. The zero-order chi connectivity index (χ0) is 25.7. The van der Waals surface area contributed by atoms with Crippen LogP contribution in [0.25, 0.3) is 0 Å². The number of likely N-dealkylation sites (tertiary alicyclic amines) is 2. The number of hydrogen-bond acceptors (Lipinski definition) is 7. The summed E-state index contributed by atoms with van der Waals surface area (Å²) < 4.78 is 0. The van der Waals surface area contributed by atoms with Crippen LogP contribution in [-0.4, -0.2) is 86.9 Å². The number of rotatable bonds is 9. The quantitative estimate of drug-likeness (QED) is 0.282. The van der Waals surface area contributed by atoms with Crippen molar-refractivity contribution in [2.24, 2.45) is 11.5 Å². The first-order chi connectivity index (χ1) is 16.6. The number of carboxylic acid groups (broad SMARTS) is 1. The molecule has 0 radical (unpaired) electrons. The third-order valence-corrected chi connectivity index (χ3v) is 6.39. The maximum Gasteiger partial charge on any atom is 0.326 e. The molecule has 2 aliphatic heterocycles. The first-order valence-electron chi connectivity index (χ1n) is 11.5. The first-order valence-corrected chi connectivity index (χ1v) is 11.5. The van der Waals surface area contributed by atoms with E-state index in [-0.39, 0.29) is 24.0 Å². The number of carbonyl (C=O) groups is 5. The van der Waals surface area contributed by atoms with E-state index in [0.717, 1.165) is 5.56 Å². The Balaban J connectivity index is 1.66. The first kappa shape index (κ1) is 25.9. The van der Waals surface area contributed by atoms with Gasteiger partial charge < -0.3 is 36.8 Å². The van der Waals surface area contributed by atoms with Crippen LogP contribution in [0.3, 0.4) is 0 Å². The van der Waals surface area contributed by atoms with E-state index in [4.69, 9.17) is 11.5 Å². The fourth-order valence-electron chi connectivity index (χ4n) is 4.64. The zero-order valence-corrected chi connectivity index (χ0v) is 19.3. The van der Waals surface area contributed by atoms with Gasteiger partial charge in [-0.3, -0.25) is 19.2 Å². The summed E-state index contributed by atoms with van der Waals surface area (Å²) >= 11 is 0. The number of nitrogens with two attached hydrogens (primary N) is 2. The highest BCUT2D eigenvalue weighted by molar-refractivity contribution is 5.95. The number of benzene rings is 1. The van der Waals surface area contributed by atoms with E-state index in [1.807, 2.05) is 0 Å². The number of phenolic OH excluding ortho intramolecular Hbond substituents is 1. The lowest BCUT2D eigenvalue weighted by Gasteiger charge is -2.32. The Morgan fingerprint density at radius 2 is 1.60 bits per heavy atom. The third-order valence-electron chi connectivity index (χ3n) is 6.39. The normalized spacial score (nSPS) is 21.4. The predicted octanol–water partition coefficient (Wildman–Crippen LogP) is -1.31. The van der Waals surface area contributed by atoms with Gasteiger partial charge in [-0.25, -0.2) is 4.79 Å². The molecule has 0 aliphatic carbocycles. The Labute approximate surface area is 202 Å². The van der Waals surface area contributed by atoms with E-state index in [1.165, 1.54) is 21.9 Å². The van der Waals surface area contributed by atoms with E-state index >= 15 is 0 Å². The van der Waals surface area contributed by atoms with Crippen LogP contribution in [0.5, 0.6) is 5.75 Å². The number of hydrogen-bond donors (Lipinski definition) is 5. The number of aliphatic carboxylic acids is 1. The van der Waals surface area contributed by atoms with Crippen LogP contribution >= 0.6 is 0 Å².